The van der Waals surface area contributed by atoms with E-state index < -0.39 is 11.2 Å². The normalized spacial score (nSPS) is 12.2. The van der Waals surface area contributed by atoms with Crippen molar-refractivity contribution in [2.45, 2.75) is 24.3 Å². The highest BCUT2D eigenvalue weighted by Crippen LogP contribution is 2.55. The number of hydrogen-bond donors (Lipinski definition) is 2. The molecule has 17 aromatic rings. The molecule has 4 heteroatoms. The second-order valence-corrected chi connectivity index (χ2v) is 27.6. The molecule has 2 heterocycles. The van der Waals surface area contributed by atoms with Crippen LogP contribution >= 0.6 is 0 Å². The van der Waals surface area contributed by atoms with Crippen molar-refractivity contribution in [3.8, 4) is 100 Å². The zero-order valence-electron chi connectivity index (χ0n) is 57.8. The molecule has 0 spiro atoms. The van der Waals surface area contributed by atoms with E-state index in [1.54, 1.807) is 0 Å². The van der Waals surface area contributed by atoms with Gasteiger partial charge in [-0.05, 0) is 263 Å². The van der Waals surface area contributed by atoms with Crippen molar-refractivity contribution >= 4 is 27.2 Å². The van der Waals surface area contributed by atoms with Gasteiger partial charge in [0.15, 0.2) is 0 Å². The summed E-state index contributed by atoms with van der Waals surface area (Å²) >= 11 is 0. The quantitative estimate of drug-likeness (QED) is 0.100. The smallest absolute Gasteiger partial charge is 0.141 e. The van der Waals surface area contributed by atoms with Crippen LogP contribution in [-0.4, -0.2) is 15.2 Å². The van der Waals surface area contributed by atoms with E-state index >= 15 is 10.2 Å². The first kappa shape index (κ1) is 64.0. The first-order chi connectivity index (χ1) is 51.8. The van der Waals surface area contributed by atoms with Crippen LogP contribution in [0, 0.1) is 0 Å². The Morgan fingerprint density at radius 1 is 0.229 bits per heavy atom. The van der Waals surface area contributed by atoms with Crippen LogP contribution in [0.5, 0.6) is 0 Å². The Labute approximate surface area is 613 Å². The minimum absolute atomic E-state index is 0.333. The molecule has 1 aliphatic rings. The number of hydrogen-bond acceptors (Lipinski definition) is 4. The van der Waals surface area contributed by atoms with E-state index in [-0.39, 0.29) is 0 Å². The number of aromatic nitrogens is 1. The number of anilines is 1. The van der Waals surface area contributed by atoms with Crippen LogP contribution in [0.2, 0.25) is 0 Å². The zero-order chi connectivity index (χ0) is 70.3. The fourth-order valence-corrected chi connectivity index (χ4v) is 16.2. The third-order valence-electron chi connectivity index (χ3n) is 21.3. The Hall–Kier alpha value is -13.1. The molecule has 0 amide bonds. The number of benzene rings is 16. The number of aliphatic hydroxyl groups is 2. The summed E-state index contributed by atoms with van der Waals surface area (Å²) in [7, 11) is 0. The maximum atomic E-state index is 16.0. The zero-order valence-corrected chi connectivity index (χ0v) is 57.8. The molecule has 0 unspecified atom stereocenters. The summed E-state index contributed by atoms with van der Waals surface area (Å²) in [5.41, 5.74) is 21.2. The van der Waals surface area contributed by atoms with Crippen molar-refractivity contribution in [3.05, 3.63) is 445 Å². The van der Waals surface area contributed by atoms with E-state index in [9.17, 15) is 0 Å². The number of rotatable bonds is 15. The molecule has 1 aliphatic heterocycles. The van der Waals surface area contributed by atoms with Gasteiger partial charge in [-0.3, -0.25) is 4.98 Å². The molecule has 0 aliphatic carbocycles. The lowest BCUT2D eigenvalue weighted by atomic mass is 9.71. The monoisotopic (exact) mass is 1340 g/mol. The summed E-state index contributed by atoms with van der Waals surface area (Å²) in [6, 6.07) is 137. The van der Waals surface area contributed by atoms with Crippen LogP contribution in [0.15, 0.2) is 401 Å². The predicted molar refractivity (Wildman–Crippen MR) is 434 cm³/mol. The van der Waals surface area contributed by atoms with Gasteiger partial charge >= 0.3 is 0 Å². The highest BCUT2D eigenvalue weighted by atomic mass is 16.3. The first-order valence-corrected chi connectivity index (χ1v) is 36.0. The molecule has 0 radical (unpaired) electrons. The maximum Gasteiger partial charge on any atom is 0.141 e. The second-order valence-electron chi connectivity index (χ2n) is 27.6. The van der Waals surface area contributed by atoms with Crippen LogP contribution in [0.1, 0.15) is 44.5 Å². The third-order valence-corrected chi connectivity index (χ3v) is 21.3. The van der Waals surface area contributed by atoms with Gasteiger partial charge in [-0.15, -0.1) is 0 Å². The van der Waals surface area contributed by atoms with Crippen molar-refractivity contribution in [3.63, 3.8) is 0 Å². The van der Waals surface area contributed by atoms with Crippen molar-refractivity contribution in [2.75, 3.05) is 4.90 Å². The van der Waals surface area contributed by atoms with Gasteiger partial charge in [0.1, 0.15) is 11.2 Å². The average molecular weight is 1350 g/mol. The molecule has 1 aromatic heterocycles. The molecule has 0 saturated carbocycles. The SMILES string of the molecule is OC(c1cc(-c2ccccc2)cc(-c2ccccc2)c1)(c1cc(-c2ccccc2)cc(-c2ccccc2)c1)c1cc2ccccc2c2c1CN(c1ccncc1)Cc1c(C(O)(c3cc(-c4ccccc4)cc(-c4ccccc4)c3)c3cc(-c4ccccc4)cc(-c4ccccc4)c3)cc3ccccc3c1-2. The molecular weight excluding hydrogens is 1270 g/mol. The van der Waals surface area contributed by atoms with E-state index in [0.717, 1.165) is 150 Å². The van der Waals surface area contributed by atoms with E-state index in [1.807, 2.05) is 12.4 Å². The molecule has 4 nitrogen and oxygen atoms in total. The Balaban J connectivity index is 1.01. The molecule has 0 bridgehead atoms. The first-order valence-electron chi connectivity index (χ1n) is 36.0. The van der Waals surface area contributed by atoms with Crippen molar-refractivity contribution < 1.29 is 10.2 Å². The van der Waals surface area contributed by atoms with Crippen LogP contribution in [-0.2, 0) is 24.3 Å². The van der Waals surface area contributed by atoms with Crippen LogP contribution in [0.3, 0.4) is 0 Å². The van der Waals surface area contributed by atoms with Gasteiger partial charge in [0.25, 0.3) is 0 Å². The number of nitrogens with zero attached hydrogens (tertiary/aromatic N) is 2. The second kappa shape index (κ2) is 27.4. The highest BCUT2D eigenvalue weighted by molar-refractivity contribution is 6.10. The summed E-state index contributed by atoms with van der Waals surface area (Å²) in [5.74, 6) is 0. The summed E-state index contributed by atoms with van der Waals surface area (Å²) in [4.78, 5) is 7.11. The molecule has 0 saturated heterocycles. The van der Waals surface area contributed by atoms with Gasteiger partial charge in [-0.25, -0.2) is 0 Å². The van der Waals surface area contributed by atoms with Crippen molar-refractivity contribution in [2.24, 2.45) is 0 Å². The van der Waals surface area contributed by atoms with Crippen LogP contribution < -0.4 is 4.90 Å². The standard InChI is InChI=1S/C101H72N2O2/c104-100(87-57-79(69-29-9-1-10-30-69)53-80(58-87)70-31-11-2-12-32-70,88-59-81(71-33-13-3-14-34-71)54-82(60-88)72-35-15-4-16-36-72)96-65-77-45-25-27-47-92(77)98-94(96)67-103(91-49-51-102-52-50-91)68-95-97(66-78-46-26-28-48-93(78)99(95)98)101(105,89-61-83(73-37-17-5-18-38-73)55-84(62-89)74-39-19-6-20-40-74)90-63-85(75-41-21-7-22-42-75)56-86(64-90)76-43-23-8-24-44-76/h1-66,104-105H,67-68H2. The number of fused-ring (bicyclic) bond motifs is 7. The van der Waals surface area contributed by atoms with E-state index in [0.29, 0.717) is 35.3 Å². The van der Waals surface area contributed by atoms with E-state index in [2.05, 4.69) is 398 Å². The van der Waals surface area contributed by atoms with Gasteiger partial charge in [0.2, 0.25) is 0 Å². The van der Waals surface area contributed by atoms with E-state index in [1.165, 1.54) is 0 Å². The van der Waals surface area contributed by atoms with Crippen LogP contribution in [0.25, 0.3) is 122 Å². The van der Waals surface area contributed by atoms with Crippen molar-refractivity contribution in [1.29, 1.82) is 0 Å². The summed E-state index contributed by atoms with van der Waals surface area (Å²) in [6.07, 6.45) is 3.75. The summed E-state index contributed by atoms with van der Waals surface area (Å²) in [6.45, 7) is 0.666. The van der Waals surface area contributed by atoms with Gasteiger partial charge in [-0.1, -0.05) is 291 Å². The van der Waals surface area contributed by atoms with Crippen LogP contribution in [0.4, 0.5) is 5.69 Å². The summed E-state index contributed by atoms with van der Waals surface area (Å²) in [5, 5.41) is 36.0. The minimum Gasteiger partial charge on any atom is -0.376 e. The average Bonchev–Trinajstić information content (AvgIpc) is 1.70. The number of pyridine rings is 1. The third kappa shape index (κ3) is 12.0. The molecule has 18 rings (SSSR count). The Bertz CT molecular complexity index is 5180. The molecular formula is C101H72N2O2. The van der Waals surface area contributed by atoms with Gasteiger partial charge < -0.3 is 15.1 Å². The fraction of sp³-hybridized carbons (Fsp3) is 0.0396. The van der Waals surface area contributed by atoms with Gasteiger partial charge in [0.05, 0.1) is 0 Å². The Morgan fingerprint density at radius 2 is 0.448 bits per heavy atom. The largest absolute Gasteiger partial charge is 0.376 e. The van der Waals surface area contributed by atoms with Gasteiger partial charge in [0, 0.05) is 31.2 Å². The summed E-state index contributed by atoms with van der Waals surface area (Å²) < 4.78 is 0. The highest BCUT2D eigenvalue weighted by Gasteiger charge is 2.44. The molecule has 0 fully saturated rings. The Morgan fingerprint density at radius 3 is 0.686 bits per heavy atom. The Kier molecular flexibility index (Phi) is 16.7. The molecule has 0 atom stereocenters. The lowest BCUT2D eigenvalue weighted by Gasteiger charge is -2.36. The fourth-order valence-electron chi connectivity index (χ4n) is 16.2. The van der Waals surface area contributed by atoms with Crippen molar-refractivity contribution in [1.82, 2.24) is 4.98 Å². The molecule has 16 aromatic carbocycles. The minimum atomic E-state index is -1.91. The molecule has 2 N–H and O–H groups in total. The molecule has 498 valence electrons. The lowest BCUT2D eigenvalue weighted by Crippen LogP contribution is -2.33. The van der Waals surface area contributed by atoms with E-state index in [4.69, 9.17) is 0 Å². The van der Waals surface area contributed by atoms with Gasteiger partial charge in [-0.2, -0.15) is 0 Å². The lowest BCUT2D eigenvalue weighted by molar-refractivity contribution is 0.125. The predicted octanol–water partition coefficient (Wildman–Crippen LogP) is 24.5. The molecule has 105 heavy (non-hydrogen) atoms. The maximum absolute atomic E-state index is 16.0. The topological polar surface area (TPSA) is 56.6 Å².